The molecule has 1 aromatic heterocycles. The fourth-order valence-corrected chi connectivity index (χ4v) is 4.28. The van der Waals surface area contributed by atoms with Gasteiger partial charge in [-0.2, -0.15) is 5.10 Å². The zero-order chi connectivity index (χ0) is 21.3. The Morgan fingerprint density at radius 2 is 2.06 bits per heavy atom. The van der Waals surface area contributed by atoms with Gasteiger partial charge in [0.15, 0.2) is 5.96 Å². The number of ether oxygens (including phenoxy) is 2. The van der Waals surface area contributed by atoms with Crippen molar-refractivity contribution in [2.75, 3.05) is 32.8 Å². The van der Waals surface area contributed by atoms with E-state index in [2.05, 4.69) is 40.4 Å². The molecule has 1 atom stereocenters. The summed E-state index contributed by atoms with van der Waals surface area (Å²) in [4.78, 5) is 7.31. The monoisotopic (exact) mass is 425 g/mol. The van der Waals surface area contributed by atoms with E-state index in [1.54, 1.807) is 6.20 Å². The van der Waals surface area contributed by atoms with E-state index in [4.69, 9.17) is 14.5 Å². The number of guanidine groups is 1. The van der Waals surface area contributed by atoms with Crippen molar-refractivity contribution in [3.05, 3.63) is 48.3 Å². The van der Waals surface area contributed by atoms with Gasteiger partial charge >= 0.3 is 0 Å². The third kappa shape index (κ3) is 6.08. The molecule has 2 aliphatic rings. The molecule has 2 fully saturated rings. The fraction of sp³-hybridized carbons (Fsp3) is 0.583. The smallest absolute Gasteiger partial charge is 0.194 e. The average Bonchev–Trinajstić information content (AvgIpc) is 3.37. The number of aromatic nitrogens is 2. The molecule has 3 heterocycles. The van der Waals surface area contributed by atoms with Crippen LogP contribution in [0.4, 0.5) is 0 Å². The van der Waals surface area contributed by atoms with E-state index in [0.717, 1.165) is 69.3 Å². The first-order valence-corrected chi connectivity index (χ1v) is 11.7. The molecule has 168 valence electrons. The molecule has 0 amide bonds. The number of likely N-dealkylation sites (tertiary alicyclic amines) is 1. The number of nitrogens with zero attached hydrogens (tertiary/aromatic N) is 4. The molecule has 7 nitrogen and oxygen atoms in total. The lowest BCUT2D eigenvalue weighted by Gasteiger charge is -2.35. The van der Waals surface area contributed by atoms with Gasteiger partial charge in [-0.1, -0.05) is 18.2 Å². The van der Waals surface area contributed by atoms with Crippen molar-refractivity contribution in [2.24, 2.45) is 4.99 Å². The summed E-state index contributed by atoms with van der Waals surface area (Å²) in [6.07, 6.45) is 10.0. The van der Waals surface area contributed by atoms with Gasteiger partial charge in [-0.3, -0.25) is 0 Å². The fourth-order valence-electron chi connectivity index (χ4n) is 4.28. The van der Waals surface area contributed by atoms with Crippen LogP contribution in [-0.2, 0) is 16.0 Å². The minimum absolute atomic E-state index is 0.292. The molecule has 2 aliphatic heterocycles. The van der Waals surface area contributed by atoms with Gasteiger partial charge < -0.3 is 19.7 Å². The Labute approximate surface area is 185 Å². The number of benzene rings is 1. The zero-order valence-electron chi connectivity index (χ0n) is 18.6. The van der Waals surface area contributed by atoms with E-state index >= 15 is 0 Å². The Kier molecular flexibility index (Phi) is 7.96. The molecule has 2 aromatic rings. The van der Waals surface area contributed by atoms with Crippen LogP contribution in [0.2, 0.25) is 0 Å². The number of hydrogen-bond donors (Lipinski definition) is 1. The second-order valence-corrected chi connectivity index (χ2v) is 8.26. The highest BCUT2D eigenvalue weighted by molar-refractivity contribution is 5.80. The van der Waals surface area contributed by atoms with Gasteiger partial charge in [0.2, 0.25) is 0 Å². The van der Waals surface area contributed by atoms with Crippen LogP contribution in [0.5, 0.6) is 0 Å². The van der Waals surface area contributed by atoms with Crippen molar-refractivity contribution in [1.29, 1.82) is 0 Å². The molecule has 0 saturated carbocycles. The summed E-state index contributed by atoms with van der Waals surface area (Å²) < 4.78 is 13.9. The molecule has 4 rings (SSSR count). The summed E-state index contributed by atoms with van der Waals surface area (Å²) >= 11 is 0. The molecular weight excluding hydrogens is 390 g/mol. The second kappa shape index (κ2) is 11.3. The third-order valence-corrected chi connectivity index (χ3v) is 6.01. The molecule has 0 radical (unpaired) electrons. The van der Waals surface area contributed by atoms with Crippen LogP contribution in [0, 0.1) is 0 Å². The Hall–Kier alpha value is -2.38. The van der Waals surface area contributed by atoms with Crippen LogP contribution >= 0.6 is 0 Å². The largest absolute Gasteiger partial charge is 0.376 e. The van der Waals surface area contributed by atoms with E-state index < -0.39 is 0 Å². The highest BCUT2D eigenvalue weighted by Crippen LogP contribution is 2.19. The predicted octanol–water partition coefficient (Wildman–Crippen LogP) is 3.39. The van der Waals surface area contributed by atoms with Crippen LogP contribution in [0.3, 0.4) is 0 Å². The molecule has 0 aliphatic carbocycles. The van der Waals surface area contributed by atoms with Crippen LogP contribution in [-0.4, -0.2) is 65.7 Å². The summed E-state index contributed by atoms with van der Waals surface area (Å²) in [5, 5.41) is 7.85. The summed E-state index contributed by atoms with van der Waals surface area (Å²) in [6.45, 7) is 7.14. The zero-order valence-corrected chi connectivity index (χ0v) is 18.6. The lowest BCUT2D eigenvalue weighted by molar-refractivity contribution is -0.0721. The van der Waals surface area contributed by atoms with Gasteiger partial charge in [-0.25, -0.2) is 9.67 Å². The maximum Gasteiger partial charge on any atom is 0.194 e. The minimum Gasteiger partial charge on any atom is -0.376 e. The third-order valence-electron chi connectivity index (χ3n) is 6.01. The van der Waals surface area contributed by atoms with Crippen molar-refractivity contribution < 1.29 is 9.47 Å². The van der Waals surface area contributed by atoms with Gasteiger partial charge in [0, 0.05) is 38.6 Å². The Morgan fingerprint density at radius 1 is 1.19 bits per heavy atom. The number of para-hydroxylation sites is 1. The molecule has 1 unspecified atom stereocenters. The maximum atomic E-state index is 6.18. The van der Waals surface area contributed by atoms with Crippen LogP contribution in [0.1, 0.15) is 44.6 Å². The molecule has 1 N–H and O–H groups in total. The van der Waals surface area contributed by atoms with Crippen molar-refractivity contribution in [1.82, 2.24) is 20.0 Å². The van der Waals surface area contributed by atoms with Crippen molar-refractivity contribution in [3.63, 3.8) is 0 Å². The highest BCUT2D eigenvalue weighted by atomic mass is 16.5. The molecule has 7 heteroatoms. The number of piperidine rings is 1. The first kappa shape index (κ1) is 21.8. The van der Waals surface area contributed by atoms with Gasteiger partial charge in [0.25, 0.3) is 0 Å². The molecule has 0 bridgehead atoms. The van der Waals surface area contributed by atoms with Crippen molar-refractivity contribution >= 4 is 5.96 Å². The van der Waals surface area contributed by atoms with Crippen molar-refractivity contribution in [3.8, 4) is 5.69 Å². The molecule has 2 saturated heterocycles. The van der Waals surface area contributed by atoms with E-state index in [1.165, 1.54) is 12.8 Å². The summed E-state index contributed by atoms with van der Waals surface area (Å²) in [5.41, 5.74) is 2.23. The van der Waals surface area contributed by atoms with E-state index in [0.29, 0.717) is 18.8 Å². The Balaban J connectivity index is 1.33. The summed E-state index contributed by atoms with van der Waals surface area (Å²) in [5.74, 6) is 0.979. The maximum absolute atomic E-state index is 6.18. The number of hydrogen-bond acceptors (Lipinski definition) is 4. The first-order valence-electron chi connectivity index (χ1n) is 11.7. The number of aliphatic imine (C=N–C) groups is 1. The highest BCUT2D eigenvalue weighted by Gasteiger charge is 2.23. The predicted molar refractivity (Wildman–Crippen MR) is 123 cm³/mol. The topological polar surface area (TPSA) is 63.9 Å². The Morgan fingerprint density at radius 3 is 2.81 bits per heavy atom. The lowest BCUT2D eigenvalue weighted by Crippen LogP contribution is -2.47. The van der Waals surface area contributed by atoms with Gasteiger partial charge in [0.05, 0.1) is 31.0 Å². The first-order chi connectivity index (χ1) is 15.3. The number of rotatable bonds is 7. The number of nitrogens with one attached hydrogen (secondary N) is 1. The lowest BCUT2D eigenvalue weighted by atomic mass is 10.1. The van der Waals surface area contributed by atoms with E-state index in [9.17, 15) is 0 Å². The standard InChI is InChI=1S/C24H35N5O2/c1-2-25-24(26-18-20-8-3-4-10-23(20)29-14-7-13-27-29)28-15-11-21(12-16-28)31-19-22-9-5-6-17-30-22/h3-4,7-8,10,13-14,21-22H,2,5-6,9,11-12,15-19H2,1H3,(H,25,26). The van der Waals surface area contributed by atoms with Crippen LogP contribution in [0.25, 0.3) is 5.69 Å². The van der Waals surface area contributed by atoms with Gasteiger partial charge in [-0.05, 0) is 56.7 Å². The second-order valence-electron chi connectivity index (χ2n) is 8.26. The van der Waals surface area contributed by atoms with Crippen LogP contribution < -0.4 is 5.32 Å². The normalized spacial score (nSPS) is 20.7. The molecule has 0 spiro atoms. The van der Waals surface area contributed by atoms with E-state index in [1.807, 2.05) is 23.0 Å². The quantitative estimate of drug-likeness (QED) is 0.544. The van der Waals surface area contributed by atoms with E-state index in [-0.39, 0.29) is 0 Å². The molecular formula is C24H35N5O2. The van der Waals surface area contributed by atoms with Gasteiger partial charge in [-0.15, -0.1) is 0 Å². The Bertz CT molecular complexity index is 809. The van der Waals surface area contributed by atoms with Gasteiger partial charge in [0.1, 0.15) is 0 Å². The summed E-state index contributed by atoms with van der Waals surface area (Å²) in [7, 11) is 0. The molecule has 1 aromatic carbocycles. The minimum atomic E-state index is 0.292. The summed E-state index contributed by atoms with van der Waals surface area (Å²) in [6, 6.07) is 10.3. The SMILES string of the molecule is CCNC(=NCc1ccccc1-n1cccn1)N1CCC(OCC2CCCCO2)CC1. The average molecular weight is 426 g/mol. The van der Waals surface area contributed by atoms with Crippen molar-refractivity contribution in [2.45, 2.75) is 57.8 Å². The van der Waals surface area contributed by atoms with Crippen LogP contribution in [0.15, 0.2) is 47.7 Å². The molecule has 31 heavy (non-hydrogen) atoms.